The second-order valence-electron chi connectivity index (χ2n) is 4.48. The number of hydrogen-bond donors (Lipinski definition) is 3. The highest BCUT2D eigenvalue weighted by atomic mass is 19.1. The summed E-state index contributed by atoms with van der Waals surface area (Å²) in [5.41, 5.74) is 5.58. The molecule has 0 spiro atoms. The number of halogens is 2. The summed E-state index contributed by atoms with van der Waals surface area (Å²) in [6.07, 6.45) is -1.36. The van der Waals surface area contributed by atoms with Crippen molar-refractivity contribution in [1.29, 1.82) is 0 Å². The molecule has 0 aliphatic rings. The largest absolute Gasteiger partial charge is 0.386 e. The predicted octanol–water partition coefficient (Wildman–Crippen LogP) is 2.21. The second-order valence-corrected chi connectivity index (χ2v) is 4.48. The molecule has 2 aromatic carbocycles. The van der Waals surface area contributed by atoms with Gasteiger partial charge in [-0.25, -0.2) is 8.78 Å². The van der Waals surface area contributed by atoms with Gasteiger partial charge in [-0.3, -0.25) is 4.79 Å². The maximum Gasteiger partial charge on any atom is 0.248 e. The Morgan fingerprint density at radius 2 is 1.81 bits per heavy atom. The summed E-state index contributed by atoms with van der Waals surface area (Å²) in [4.78, 5) is 11.0. The third kappa shape index (κ3) is 3.55. The third-order valence-corrected chi connectivity index (χ3v) is 2.98. The molecule has 0 aromatic heterocycles. The van der Waals surface area contributed by atoms with Crippen LogP contribution in [0.25, 0.3) is 0 Å². The zero-order valence-electron chi connectivity index (χ0n) is 11.0. The van der Waals surface area contributed by atoms with Crippen molar-refractivity contribution in [3.05, 3.63) is 65.2 Å². The average molecular weight is 292 g/mol. The van der Waals surface area contributed by atoms with E-state index in [-0.39, 0.29) is 6.54 Å². The average Bonchev–Trinajstić information content (AvgIpc) is 2.45. The molecule has 1 unspecified atom stereocenters. The molecule has 4 N–H and O–H groups in total. The Bertz CT molecular complexity index is 642. The van der Waals surface area contributed by atoms with Crippen LogP contribution in [0.5, 0.6) is 0 Å². The highest BCUT2D eigenvalue weighted by Gasteiger charge is 2.17. The van der Waals surface area contributed by atoms with Crippen molar-refractivity contribution >= 4 is 11.6 Å². The number of hydrogen-bond acceptors (Lipinski definition) is 3. The van der Waals surface area contributed by atoms with Gasteiger partial charge in [-0.05, 0) is 30.3 Å². The highest BCUT2D eigenvalue weighted by Crippen LogP contribution is 2.21. The second kappa shape index (κ2) is 6.32. The van der Waals surface area contributed by atoms with E-state index in [1.807, 2.05) is 0 Å². The van der Waals surface area contributed by atoms with Gasteiger partial charge < -0.3 is 16.2 Å². The maximum atomic E-state index is 13.5. The van der Waals surface area contributed by atoms with Gasteiger partial charge in [0.15, 0.2) is 0 Å². The van der Waals surface area contributed by atoms with Gasteiger partial charge in [0.25, 0.3) is 0 Å². The molecule has 0 heterocycles. The molecule has 0 aliphatic heterocycles. The number of amides is 1. The van der Waals surface area contributed by atoms with E-state index >= 15 is 0 Å². The molecule has 0 aliphatic carbocycles. The number of benzene rings is 2. The van der Waals surface area contributed by atoms with Crippen molar-refractivity contribution in [2.24, 2.45) is 5.73 Å². The fourth-order valence-electron chi connectivity index (χ4n) is 1.93. The lowest BCUT2D eigenvalue weighted by atomic mass is 10.1. The molecule has 110 valence electrons. The van der Waals surface area contributed by atoms with Gasteiger partial charge >= 0.3 is 0 Å². The van der Waals surface area contributed by atoms with Crippen molar-refractivity contribution in [3.63, 3.8) is 0 Å². The van der Waals surface area contributed by atoms with Crippen LogP contribution in [-0.2, 0) is 0 Å². The van der Waals surface area contributed by atoms with E-state index in [0.29, 0.717) is 11.3 Å². The van der Waals surface area contributed by atoms with Crippen molar-refractivity contribution in [1.82, 2.24) is 0 Å². The highest BCUT2D eigenvalue weighted by molar-refractivity contribution is 5.93. The summed E-state index contributed by atoms with van der Waals surface area (Å²) in [6.45, 7) is -0.111. The van der Waals surface area contributed by atoms with Crippen LogP contribution in [0.1, 0.15) is 22.0 Å². The number of carbonyl (C=O) groups excluding carboxylic acids is 1. The van der Waals surface area contributed by atoms with Gasteiger partial charge in [0.1, 0.15) is 17.7 Å². The van der Waals surface area contributed by atoms with Crippen LogP contribution < -0.4 is 11.1 Å². The van der Waals surface area contributed by atoms with Crippen LogP contribution in [0.15, 0.2) is 42.5 Å². The Morgan fingerprint density at radius 3 is 2.43 bits per heavy atom. The standard InChI is InChI=1S/C15H14F2N2O2/c16-11-5-2-6-12(17)14(11)13(20)8-19-10-4-1-3-9(7-10)15(18)21/h1-7,13,19-20H,8H2,(H2,18,21). The molecule has 1 atom stereocenters. The molecule has 6 heteroatoms. The summed E-state index contributed by atoms with van der Waals surface area (Å²) in [6, 6.07) is 9.68. The third-order valence-electron chi connectivity index (χ3n) is 2.98. The van der Waals surface area contributed by atoms with Crippen molar-refractivity contribution in [2.75, 3.05) is 11.9 Å². The lowest BCUT2D eigenvalue weighted by molar-refractivity contribution is 0.100. The number of anilines is 1. The molecule has 0 saturated carbocycles. The Kier molecular flexibility index (Phi) is 4.49. The van der Waals surface area contributed by atoms with Crippen LogP contribution in [0.2, 0.25) is 0 Å². The zero-order valence-corrected chi connectivity index (χ0v) is 11.0. The predicted molar refractivity (Wildman–Crippen MR) is 74.8 cm³/mol. The summed E-state index contributed by atoms with van der Waals surface area (Å²) in [5.74, 6) is -2.20. The fraction of sp³-hybridized carbons (Fsp3) is 0.133. The van der Waals surface area contributed by atoms with E-state index in [2.05, 4.69) is 5.32 Å². The van der Waals surface area contributed by atoms with Crippen LogP contribution >= 0.6 is 0 Å². The summed E-state index contributed by atoms with van der Waals surface area (Å²) < 4.78 is 27.0. The lowest BCUT2D eigenvalue weighted by Crippen LogP contribution is -2.16. The monoisotopic (exact) mass is 292 g/mol. The molecule has 1 amide bonds. The first kappa shape index (κ1) is 14.9. The normalized spacial score (nSPS) is 12.0. The van der Waals surface area contributed by atoms with E-state index in [9.17, 15) is 18.7 Å². The summed E-state index contributed by atoms with van der Waals surface area (Å²) in [5, 5.41) is 12.7. The molecule has 2 aromatic rings. The van der Waals surface area contributed by atoms with Gasteiger partial charge in [-0.2, -0.15) is 0 Å². The Morgan fingerprint density at radius 1 is 1.19 bits per heavy atom. The number of carbonyl (C=O) groups is 1. The van der Waals surface area contributed by atoms with Crippen molar-refractivity contribution in [3.8, 4) is 0 Å². The summed E-state index contributed by atoms with van der Waals surface area (Å²) in [7, 11) is 0. The van der Waals surface area contributed by atoms with E-state index in [4.69, 9.17) is 5.73 Å². The van der Waals surface area contributed by atoms with Crippen LogP contribution in [0, 0.1) is 11.6 Å². The number of rotatable bonds is 5. The minimum absolute atomic E-state index is 0.111. The van der Waals surface area contributed by atoms with E-state index < -0.39 is 29.2 Å². The first-order chi connectivity index (χ1) is 9.99. The van der Waals surface area contributed by atoms with Gasteiger partial charge in [-0.1, -0.05) is 12.1 Å². The quantitative estimate of drug-likeness (QED) is 0.791. The molecule has 0 radical (unpaired) electrons. The molecule has 0 saturated heterocycles. The van der Waals surface area contributed by atoms with Gasteiger partial charge in [-0.15, -0.1) is 0 Å². The molecule has 0 fully saturated rings. The minimum atomic E-state index is -1.36. The van der Waals surface area contributed by atoms with Crippen LogP contribution in [0.4, 0.5) is 14.5 Å². The molecular weight excluding hydrogens is 278 g/mol. The van der Waals surface area contributed by atoms with Crippen LogP contribution in [-0.4, -0.2) is 17.6 Å². The SMILES string of the molecule is NC(=O)c1cccc(NCC(O)c2c(F)cccc2F)c1. The first-order valence-corrected chi connectivity index (χ1v) is 6.24. The molecule has 0 bridgehead atoms. The van der Waals surface area contributed by atoms with Crippen LogP contribution in [0.3, 0.4) is 0 Å². The molecular formula is C15H14F2N2O2. The van der Waals surface area contributed by atoms with E-state index in [1.165, 1.54) is 12.1 Å². The molecule has 2 rings (SSSR count). The van der Waals surface area contributed by atoms with Gasteiger partial charge in [0.05, 0.1) is 5.56 Å². The zero-order chi connectivity index (χ0) is 15.4. The Labute approximate surface area is 120 Å². The smallest absolute Gasteiger partial charge is 0.248 e. The lowest BCUT2D eigenvalue weighted by Gasteiger charge is -2.15. The maximum absolute atomic E-state index is 13.5. The number of primary amides is 1. The number of aliphatic hydroxyl groups is 1. The van der Waals surface area contributed by atoms with Gasteiger partial charge in [0, 0.05) is 17.8 Å². The number of nitrogens with one attached hydrogen (secondary N) is 1. The number of nitrogens with two attached hydrogens (primary N) is 1. The fourth-order valence-corrected chi connectivity index (χ4v) is 1.93. The minimum Gasteiger partial charge on any atom is -0.386 e. The van der Waals surface area contributed by atoms with Crippen molar-refractivity contribution < 1.29 is 18.7 Å². The first-order valence-electron chi connectivity index (χ1n) is 6.24. The van der Waals surface area contributed by atoms with E-state index in [1.54, 1.807) is 18.2 Å². The Balaban J connectivity index is 2.09. The topological polar surface area (TPSA) is 75.4 Å². The molecule has 4 nitrogen and oxygen atoms in total. The Hall–Kier alpha value is -2.47. The summed E-state index contributed by atoms with van der Waals surface area (Å²) >= 11 is 0. The van der Waals surface area contributed by atoms with E-state index in [0.717, 1.165) is 12.1 Å². The molecule has 21 heavy (non-hydrogen) atoms. The van der Waals surface area contributed by atoms with Crippen molar-refractivity contribution in [2.45, 2.75) is 6.10 Å². The number of aliphatic hydroxyl groups excluding tert-OH is 1. The van der Waals surface area contributed by atoms with Gasteiger partial charge in [0.2, 0.25) is 5.91 Å².